The van der Waals surface area contributed by atoms with E-state index in [2.05, 4.69) is 15.6 Å². The molecule has 27 heavy (non-hydrogen) atoms. The molecule has 0 spiro atoms. The third-order valence-electron chi connectivity index (χ3n) is 3.42. The summed E-state index contributed by atoms with van der Waals surface area (Å²) in [6.07, 6.45) is -1.52. The lowest BCUT2D eigenvalue weighted by Crippen LogP contribution is -2.57. The number of carbonyl (C=O) groups is 4. The number of carboxylic acid groups (broad SMARTS) is 1. The van der Waals surface area contributed by atoms with E-state index in [1.165, 1.54) is 6.92 Å². The van der Waals surface area contributed by atoms with E-state index in [9.17, 15) is 29.4 Å². The van der Waals surface area contributed by atoms with Gasteiger partial charge in [0.2, 0.25) is 17.7 Å². The van der Waals surface area contributed by atoms with E-state index in [4.69, 9.17) is 22.9 Å². The van der Waals surface area contributed by atoms with Crippen molar-refractivity contribution in [2.45, 2.75) is 50.4 Å². The fraction of sp³-hybridized carbons (Fsp3) is 0.643. The maximum atomic E-state index is 12.3. The summed E-state index contributed by atoms with van der Waals surface area (Å²) >= 11 is 0. The summed E-state index contributed by atoms with van der Waals surface area (Å²) in [7, 11) is 0. The van der Waals surface area contributed by atoms with Gasteiger partial charge in [0.25, 0.3) is 0 Å². The number of primary amides is 1. The van der Waals surface area contributed by atoms with Crippen LogP contribution in [0.5, 0.6) is 0 Å². The van der Waals surface area contributed by atoms with Crippen LogP contribution in [0.4, 0.5) is 0 Å². The Morgan fingerprint density at radius 3 is 2.04 bits per heavy atom. The van der Waals surface area contributed by atoms with Crippen molar-refractivity contribution in [1.29, 1.82) is 0 Å². The third-order valence-corrected chi connectivity index (χ3v) is 3.42. The zero-order valence-electron chi connectivity index (χ0n) is 14.9. The number of guanidine groups is 1. The van der Waals surface area contributed by atoms with E-state index in [1.54, 1.807) is 0 Å². The van der Waals surface area contributed by atoms with Gasteiger partial charge < -0.3 is 43.8 Å². The number of hydrogen-bond acceptors (Lipinski definition) is 7. The molecular formula is C14H27N7O6. The Labute approximate surface area is 155 Å². The quantitative estimate of drug-likeness (QED) is 0.0911. The summed E-state index contributed by atoms with van der Waals surface area (Å²) in [5.74, 6) is -4.21. The number of aliphatic imine (C=N–C) groups is 1. The molecule has 0 aromatic rings. The average Bonchev–Trinajstić information content (AvgIpc) is 2.54. The zero-order chi connectivity index (χ0) is 21.1. The van der Waals surface area contributed by atoms with Crippen molar-refractivity contribution in [3.8, 4) is 0 Å². The number of amides is 3. The van der Waals surface area contributed by atoms with Crippen LogP contribution in [0, 0.1) is 0 Å². The molecule has 0 aliphatic heterocycles. The Morgan fingerprint density at radius 2 is 1.59 bits per heavy atom. The number of aliphatic hydroxyl groups is 1. The Kier molecular flexibility index (Phi) is 10.4. The van der Waals surface area contributed by atoms with Gasteiger partial charge in [-0.2, -0.15) is 0 Å². The molecule has 0 aromatic carbocycles. The van der Waals surface area contributed by atoms with Crippen molar-refractivity contribution < 1.29 is 29.4 Å². The lowest BCUT2D eigenvalue weighted by Gasteiger charge is -2.22. The molecule has 12 N–H and O–H groups in total. The van der Waals surface area contributed by atoms with Crippen LogP contribution in [0.25, 0.3) is 0 Å². The van der Waals surface area contributed by atoms with Gasteiger partial charge in [0.1, 0.15) is 18.1 Å². The Bertz CT molecular complexity index is 576. The largest absolute Gasteiger partial charge is 0.480 e. The number of aliphatic carboxylic acids is 1. The standard InChI is InChI=1S/C14H27N7O6/c1-6(22)10(16)12(25)21-8(5-9(15)23)11(24)20-7(13(26)27)3-2-4-19-14(17)18/h6-8,10,22H,2-5,16H2,1H3,(H2,15,23)(H,20,24)(H,21,25)(H,26,27)(H4,17,18,19). The van der Waals surface area contributed by atoms with E-state index in [1.807, 2.05) is 0 Å². The maximum absolute atomic E-state index is 12.3. The van der Waals surface area contributed by atoms with Crippen LogP contribution in [-0.2, 0) is 19.2 Å². The Morgan fingerprint density at radius 1 is 1.04 bits per heavy atom. The summed E-state index contributed by atoms with van der Waals surface area (Å²) in [5.41, 5.74) is 20.8. The predicted octanol–water partition coefficient (Wildman–Crippen LogP) is -4.32. The molecule has 13 nitrogen and oxygen atoms in total. The molecule has 0 rings (SSSR count). The van der Waals surface area contributed by atoms with Gasteiger partial charge in [0.15, 0.2) is 5.96 Å². The molecule has 0 saturated heterocycles. The highest BCUT2D eigenvalue weighted by atomic mass is 16.4. The molecule has 0 aromatic heterocycles. The smallest absolute Gasteiger partial charge is 0.326 e. The first-order valence-electron chi connectivity index (χ1n) is 8.06. The monoisotopic (exact) mass is 389 g/mol. The van der Waals surface area contributed by atoms with Crippen molar-refractivity contribution in [3.05, 3.63) is 0 Å². The highest BCUT2D eigenvalue weighted by molar-refractivity contribution is 5.94. The molecule has 4 atom stereocenters. The van der Waals surface area contributed by atoms with Crippen LogP contribution >= 0.6 is 0 Å². The third kappa shape index (κ3) is 9.96. The van der Waals surface area contributed by atoms with Crippen molar-refractivity contribution in [1.82, 2.24) is 10.6 Å². The minimum absolute atomic E-state index is 0.00226. The maximum Gasteiger partial charge on any atom is 0.326 e. The van der Waals surface area contributed by atoms with E-state index in [-0.39, 0.29) is 25.3 Å². The van der Waals surface area contributed by atoms with Gasteiger partial charge in [-0.05, 0) is 19.8 Å². The summed E-state index contributed by atoms with van der Waals surface area (Å²) in [6, 6.07) is -4.09. The van der Waals surface area contributed by atoms with E-state index in [0.717, 1.165) is 0 Å². The topological polar surface area (TPSA) is 249 Å². The van der Waals surface area contributed by atoms with E-state index in [0.29, 0.717) is 0 Å². The number of carbonyl (C=O) groups excluding carboxylic acids is 3. The van der Waals surface area contributed by atoms with Crippen molar-refractivity contribution >= 4 is 29.7 Å². The van der Waals surface area contributed by atoms with Gasteiger partial charge in [-0.25, -0.2) is 4.79 Å². The van der Waals surface area contributed by atoms with Gasteiger partial charge in [-0.15, -0.1) is 0 Å². The van der Waals surface area contributed by atoms with Crippen LogP contribution in [0.2, 0.25) is 0 Å². The van der Waals surface area contributed by atoms with Crippen molar-refractivity contribution in [2.24, 2.45) is 27.9 Å². The predicted molar refractivity (Wildman–Crippen MR) is 94.9 cm³/mol. The van der Waals surface area contributed by atoms with E-state index >= 15 is 0 Å². The van der Waals surface area contributed by atoms with Gasteiger partial charge >= 0.3 is 5.97 Å². The van der Waals surface area contributed by atoms with Gasteiger partial charge in [-0.3, -0.25) is 19.4 Å². The highest BCUT2D eigenvalue weighted by Gasteiger charge is 2.29. The van der Waals surface area contributed by atoms with Crippen molar-refractivity contribution in [3.63, 3.8) is 0 Å². The number of carboxylic acids is 1. The van der Waals surface area contributed by atoms with Gasteiger partial charge in [0, 0.05) is 6.54 Å². The van der Waals surface area contributed by atoms with Crippen LogP contribution in [0.3, 0.4) is 0 Å². The number of nitrogens with one attached hydrogen (secondary N) is 2. The van der Waals surface area contributed by atoms with Gasteiger partial charge in [0.05, 0.1) is 12.5 Å². The number of rotatable bonds is 12. The molecule has 0 radical (unpaired) electrons. The Balaban J connectivity index is 5.01. The van der Waals surface area contributed by atoms with Crippen LogP contribution in [0.1, 0.15) is 26.2 Å². The second-order valence-electron chi connectivity index (χ2n) is 5.85. The summed E-state index contributed by atoms with van der Waals surface area (Å²) < 4.78 is 0. The molecule has 0 bridgehead atoms. The van der Waals surface area contributed by atoms with Crippen molar-refractivity contribution in [2.75, 3.05) is 6.54 Å². The minimum Gasteiger partial charge on any atom is -0.480 e. The Hall–Kier alpha value is -2.93. The van der Waals surface area contributed by atoms with Crippen LogP contribution in [0.15, 0.2) is 4.99 Å². The molecule has 4 unspecified atom stereocenters. The first-order chi connectivity index (χ1) is 12.5. The second-order valence-corrected chi connectivity index (χ2v) is 5.85. The second kappa shape index (κ2) is 11.6. The zero-order valence-corrected chi connectivity index (χ0v) is 14.9. The SMILES string of the molecule is CC(O)C(N)C(=O)NC(CC(N)=O)C(=O)NC(CCCN=C(N)N)C(=O)O. The molecule has 154 valence electrons. The fourth-order valence-corrected chi connectivity index (χ4v) is 1.93. The number of nitrogens with two attached hydrogens (primary N) is 4. The van der Waals surface area contributed by atoms with Gasteiger partial charge in [-0.1, -0.05) is 0 Å². The molecule has 0 fully saturated rings. The van der Waals surface area contributed by atoms with Crippen LogP contribution < -0.4 is 33.6 Å². The molecule has 0 aliphatic rings. The van der Waals surface area contributed by atoms with Crippen LogP contribution in [-0.4, -0.2) is 70.6 Å². The first kappa shape index (κ1) is 24.1. The lowest BCUT2D eigenvalue weighted by molar-refractivity contribution is -0.142. The number of nitrogens with zero attached hydrogens (tertiary/aromatic N) is 1. The summed E-state index contributed by atoms with van der Waals surface area (Å²) in [4.78, 5) is 50.3. The lowest BCUT2D eigenvalue weighted by atomic mass is 10.1. The molecule has 13 heteroatoms. The summed E-state index contributed by atoms with van der Waals surface area (Å²) in [5, 5.41) is 22.9. The normalized spacial score (nSPS) is 14.9. The minimum atomic E-state index is -1.45. The molecule has 0 aliphatic carbocycles. The molecule has 3 amide bonds. The first-order valence-corrected chi connectivity index (χ1v) is 8.06. The molecular weight excluding hydrogens is 362 g/mol. The average molecular weight is 389 g/mol. The number of aliphatic hydroxyl groups excluding tert-OH is 1. The molecule has 0 saturated carbocycles. The fourth-order valence-electron chi connectivity index (χ4n) is 1.93. The number of hydrogen-bond donors (Lipinski definition) is 8. The molecule has 0 heterocycles. The summed E-state index contributed by atoms with van der Waals surface area (Å²) in [6.45, 7) is 1.43. The van der Waals surface area contributed by atoms with E-state index < -0.39 is 54.3 Å². The highest BCUT2D eigenvalue weighted by Crippen LogP contribution is 2.02.